The third-order valence-electron chi connectivity index (χ3n) is 3.85. The summed E-state index contributed by atoms with van der Waals surface area (Å²) in [6.45, 7) is 4.10. The molecule has 5 heteroatoms. The summed E-state index contributed by atoms with van der Waals surface area (Å²) in [5.74, 6) is 0.951. The highest BCUT2D eigenvalue weighted by molar-refractivity contribution is 9.10. The van der Waals surface area contributed by atoms with Crippen molar-refractivity contribution >= 4 is 15.9 Å². The molecular weight excluding hydrogens is 313 g/mol. The minimum absolute atomic E-state index is 0.249. The lowest BCUT2D eigenvalue weighted by atomic mass is 9.89. The van der Waals surface area contributed by atoms with Crippen molar-refractivity contribution in [1.29, 1.82) is 0 Å². The van der Waals surface area contributed by atoms with E-state index in [0.717, 1.165) is 25.8 Å². The third-order valence-corrected chi connectivity index (χ3v) is 4.43. The Morgan fingerprint density at radius 2 is 2.11 bits per heavy atom. The molecule has 3 nitrogen and oxygen atoms in total. The SMILES string of the molecule is CC1(c2c(F)c(Br)cc3c2OCCCO3)CCCN1. The van der Waals surface area contributed by atoms with Gasteiger partial charge in [0.05, 0.1) is 23.2 Å². The van der Waals surface area contributed by atoms with Crippen molar-refractivity contribution in [2.45, 2.75) is 31.7 Å². The molecule has 2 aliphatic rings. The Bertz CT molecular complexity index is 501. The van der Waals surface area contributed by atoms with E-state index in [1.54, 1.807) is 6.07 Å². The molecule has 2 heterocycles. The fourth-order valence-electron chi connectivity index (χ4n) is 2.85. The van der Waals surface area contributed by atoms with Gasteiger partial charge in [0.15, 0.2) is 11.5 Å². The first-order chi connectivity index (χ1) is 9.12. The minimum atomic E-state index is -0.383. The standard InChI is InChI=1S/C14H17BrFNO2/c1-14(4-2-5-17-14)11-12(16)9(15)8-10-13(11)19-7-3-6-18-10/h8,17H,2-7H2,1H3. The molecule has 0 aromatic heterocycles. The van der Waals surface area contributed by atoms with E-state index in [0.29, 0.717) is 34.7 Å². The van der Waals surface area contributed by atoms with Crippen LogP contribution in [-0.2, 0) is 5.54 Å². The van der Waals surface area contributed by atoms with E-state index in [1.807, 2.05) is 6.92 Å². The predicted octanol–water partition coefficient (Wildman–Crippen LogP) is 3.35. The van der Waals surface area contributed by atoms with Gasteiger partial charge in [0, 0.05) is 18.0 Å². The minimum Gasteiger partial charge on any atom is -0.490 e. The van der Waals surface area contributed by atoms with Crippen LogP contribution in [0.15, 0.2) is 10.5 Å². The van der Waals surface area contributed by atoms with Crippen LogP contribution in [0.2, 0.25) is 0 Å². The molecule has 0 aliphatic carbocycles. The summed E-state index contributed by atoms with van der Waals surface area (Å²) in [6, 6.07) is 1.66. The molecule has 0 radical (unpaired) electrons. The normalized spacial score (nSPS) is 26.3. The second-order valence-electron chi connectivity index (χ2n) is 5.29. The van der Waals surface area contributed by atoms with Gasteiger partial charge in [-0.3, -0.25) is 0 Å². The average Bonchev–Trinajstić information content (AvgIpc) is 2.68. The summed E-state index contributed by atoms with van der Waals surface area (Å²) in [5, 5.41) is 3.39. The summed E-state index contributed by atoms with van der Waals surface area (Å²) in [6.07, 6.45) is 2.76. The Kier molecular flexibility index (Phi) is 3.43. The Labute approximate surface area is 120 Å². The molecule has 19 heavy (non-hydrogen) atoms. The first kappa shape index (κ1) is 13.2. The van der Waals surface area contributed by atoms with Crippen molar-refractivity contribution in [3.8, 4) is 11.5 Å². The average molecular weight is 330 g/mol. The van der Waals surface area contributed by atoms with Gasteiger partial charge in [0.25, 0.3) is 0 Å². The molecule has 0 saturated carbocycles. The molecule has 1 fully saturated rings. The molecule has 0 bridgehead atoms. The molecule has 3 rings (SSSR count). The van der Waals surface area contributed by atoms with Crippen molar-refractivity contribution in [2.75, 3.05) is 19.8 Å². The van der Waals surface area contributed by atoms with Crippen LogP contribution in [0, 0.1) is 5.82 Å². The topological polar surface area (TPSA) is 30.5 Å². The molecule has 2 aliphatic heterocycles. The van der Waals surface area contributed by atoms with Crippen molar-refractivity contribution in [3.05, 3.63) is 21.9 Å². The van der Waals surface area contributed by atoms with Crippen molar-refractivity contribution < 1.29 is 13.9 Å². The molecule has 0 amide bonds. The monoisotopic (exact) mass is 329 g/mol. The second kappa shape index (κ2) is 4.94. The maximum absolute atomic E-state index is 14.6. The summed E-state index contributed by atoms with van der Waals surface area (Å²) < 4.78 is 26.5. The van der Waals surface area contributed by atoms with Gasteiger partial charge >= 0.3 is 0 Å². The predicted molar refractivity (Wildman–Crippen MR) is 74.3 cm³/mol. The van der Waals surface area contributed by atoms with Crippen molar-refractivity contribution in [1.82, 2.24) is 5.32 Å². The molecule has 1 saturated heterocycles. The number of fused-ring (bicyclic) bond motifs is 1. The van der Waals surface area contributed by atoms with Crippen molar-refractivity contribution in [2.24, 2.45) is 0 Å². The van der Waals surface area contributed by atoms with Crippen LogP contribution in [-0.4, -0.2) is 19.8 Å². The van der Waals surface area contributed by atoms with Gasteiger partial charge in [-0.05, 0) is 42.2 Å². The molecule has 1 atom stereocenters. The fraction of sp³-hybridized carbons (Fsp3) is 0.571. The highest BCUT2D eigenvalue weighted by Crippen LogP contribution is 2.46. The maximum atomic E-state index is 14.6. The van der Waals surface area contributed by atoms with E-state index >= 15 is 0 Å². The lowest BCUT2D eigenvalue weighted by Gasteiger charge is -2.28. The molecular formula is C14H17BrFNO2. The van der Waals surface area contributed by atoms with E-state index in [2.05, 4.69) is 21.2 Å². The molecule has 1 aromatic rings. The van der Waals surface area contributed by atoms with Gasteiger partial charge in [-0.25, -0.2) is 4.39 Å². The highest BCUT2D eigenvalue weighted by Gasteiger charge is 2.38. The zero-order chi connectivity index (χ0) is 13.5. The number of rotatable bonds is 1. The first-order valence-electron chi connectivity index (χ1n) is 6.65. The number of hydrogen-bond donors (Lipinski definition) is 1. The summed E-state index contributed by atoms with van der Waals surface area (Å²) >= 11 is 3.28. The fourth-order valence-corrected chi connectivity index (χ4v) is 3.26. The Morgan fingerprint density at radius 3 is 2.84 bits per heavy atom. The molecule has 0 spiro atoms. The van der Waals surface area contributed by atoms with Crippen LogP contribution >= 0.6 is 15.9 Å². The van der Waals surface area contributed by atoms with Crippen LogP contribution < -0.4 is 14.8 Å². The lowest BCUT2D eigenvalue weighted by Crippen LogP contribution is -2.34. The van der Waals surface area contributed by atoms with Gasteiger partial charge in [0.2, 0.25) is 0 Å². The second-order valence-corrected chi connectivity index (χ2v) is 6.14. The highest BCUT2D eigenvalue weighted by atomic mass is 79.9. The number of benzene rings is 1. The van der Waals surface area contributed by atoms with Gasteiger partial charge in [-0.2, -0.15) is 0 Å². The molecule has 104 valence electrons. The number of hydrogen-bond acceptors (Lipinski definition) is 3. The maximum Gasteiger partial charge on any atom is 0.169 e. The Balaban J connectivity index is 2.18. The van der Waals surface area contributed by atoms with Gasteiger partial charge in [0.1, 0.15) is 5.82 Å². The first-order valence-corrected chi connectivity index (χ1v) is 7.44. The van der Waals surface area contributed by atoms with Crippen LogP contribution in [0.1, 0.15) is 31.7 Å². The largest absolute Gasteiger partial charge is 0.490 e. The van der Waals surface area contributed by atoms with E-state index < -0.39 is 0 Å². The number of halogens is 2. The van der Waals surface area contributed by atoms with E-state index in [1.165, 1.54) is 0 Å². The van der Waals surface area contributed by atoms with E-state index in [9.17, 15) is 4.39 Å². The zero-order valence-electron chi connectivity index (χ0n) is 10.9. The van der Waals surface area contributed by atoms with Gasteiger partial charge < -0.3 is 14.8 Å². The molecule has 1 aromatic carbocycles. The summed E-state index contributed by atoms with van der Waals surface area (Å²) in [5.41, 5.74) is 0.210. The Hall–Kier alpha value is -0.810. The van der Waals surface area contributed by atoms with Crippen LogP contribution in [0.25, 0.3) is 0 Å². The van der Waals surface area contributed by atoms with E-state index in [4.69, 9.17) is 9.47 Å². The summed E-state index contributed by atoms with van der Waals surface area (Å²) in [7, 11) is 0. The van der Waals surface area contributed by atoms with Crippen molar-refractivity contribution in [3.63, 3.8) is 0 Å². The van der Waals surface area contributed by atoms with Gasteiger partial charge in [-0.1, -0.05) is 0 Å². The third kappa shape index (κ3) is 2.23. The van der Waals surface area contributed by atoms with Gasteiger partial charge in [-0.15, -0.1) is 0 Å². The van der Waals surface area contributed by atoms with Crippen LogP contribution in [0.5, 0.6) is 11.5 Å². The smallest absolute Gasteiger partial charge is 0.169 e. The van der Waals surface area contributed by atoms with E-state index in [-0.39, 0.29) is 11.4 Å². The number of ether oxygens (including phenoxy) is 2. The summed E-state index contributed by atoms with van der Waals surface area (Å²) in [4.78, 5) is 0. The lowest BCUT2D eigenvalue weighted by molar-refractivity contribution is 0.290. The number of nitrogens with one attached hydrogen (secondary N) is 1. The quantitative estimate of drug-likeness (QED) is 0.857. The molecule has 1 unspecified atom stereocenters. The zero-order valence-corrected chi connectivity index (χ0v) is 12.5. The Morgan fingerprint density at radius 1 is 1.32 bits per heavy atom. The van der Waals surface area contributed by atoms with Crippen LogP contribution in [0.3, 0.4) is 0 Å². The van der Waals surface area contributed by atoms with Crippen LogP contribution in [0.4, 0.5) is 4.39 Å². The molecule has 1 N–H and O–H groups in total.